The van der Waals surface area contributed by atoms with E-state index in [0.29, 0.717) is 18.0 Å². The van der Waals surface area contributed by atoms with Crippen molar-refractivity contribution < 1.29 is 17.9 Å². The summed E-state index contributed by atoms with van der Waals surface area (Å²) in [5, 5.41) is 3.06. The highest BCUT2D eigenvalue weighted by molar-refractivity contribution is 7.92. The fourth-order valence-electron chi connectivity index (χ4n) is 3.73. The van der Waals surface area contributed by atoms with E-state index in [2.05, 4.69) is 10.0 Å². The van der Waals surface area contributed by atoms with E-state index in [4.69, 9.17) is 4.74 Å². The second-order valence-corrected chi connectivity index (χ2v) is 9.61. The van der Waals surface area contributed by atoms with Crippen molar-refractivity contribution in [2.75, 3.05) is 18.4 Å². The molecule has 32 heavy (non-hydrogen) atoms. The summed E-state index contributed by atoms with van der Waals surface area (Å²) in [6, 6.07) is 23.3. The van der Waals surface area contributed by atoms with Crippen molar-refractivity contribution in [1.82, 2.24) is 5.32 Å². The summed E-state index contributed by atoms with van der Waals surface area (Å²) in [4.78, 5) is 13.0. The van der Waals surface area contributed by atoms with Crippen LogP contribution in [0.15, 0.2) is 83.8 Å². The Morgan fingerprint density at radius 1 is 0.938 bits per heavy atom. The van der Waals surface area contributed by atoms with Crippen LogP contribution in [0.2, 0.25) is 0 Å². The number of rotatable bonds is 9. The third-order valence-electron chi connectivity index (χ3n) is 5.79. The Bertz CT molecular complexity index is 1170. The first-order valence-corrected chi connectivity index (χ1v) is 12.0. The van der Waals surface area contributed by atoms with Gasteiger partial charge in [-0.15, -0.1) is 0 Å². The average Bonchev–Trinajstić information content (AvgIpc) is 3.62. The molecule has 7 heteroatoms. The molecule has 0 aromatic heterocycles. The second kappa shape index (κ2) is 9.04. The highest BCUT2D eigenvalue weighted by atomic mass is 32.2. The maximum Gasteiger partial charge on any atom is 0.261 e. The lowest BCUT2D eigenvalue weighted by molar-refractivity contribution is -0.123. The van der Waals surface area contributed by atoms with Crippen molar-refractivity contribution in [3.63, 3.8) is 0 Å². The maximum absolute atomic E-state index is 12.8. The Kier molecular flexibility index (Phi) is 6.19. The standard InChI is InChI=1S/C25H26N2O4S/c1-31-22-11-13-23(14-12-22)32(29,30)27-21-9-7-20(8-10-21)25(16-17-25)24(28)26-18-15-19-5-3-2-4-6-19/h2-14,27H,15-18H2,1H3,(H,26,28). The molecule has 0 heterocycles. The fourth-order valence-corrected chi connectivity index (χ4v) is 4.79. The van der Waals surface area contributed by atoms with E-state index in [1.54, 1.807) is 24.3 Å². The molecule has 0 atom stereocenters. The van der Waals surface area contributed by atoms with Gasteiger partial charge in [-0.05, 0) is 66.8 Å². The summed E-state index contributed by atoms with van der Waals surface area (Å²) in [6.45, 7) is 0.588. The van der Waals surface area contributed by atoms with E-state index in [-0.39, 0.29) is 10.8 Å². The van der Waals surface area contributed by atoms with Gasteiger partial charge >= 0.3 is 0 Å². The van der Waals surface area contributed by atoms with Crippen LogP contribution in [-0.4, -0.2) is 28.0 Å². The molecule has 6 nitrogen and oxygen atoms in total. The first kappa shape index (κ1) is 21.9. The zero-order chi connectivity index (χ0) is 22.6. The van der Waals surface area contributed by atoms with Crippen LogP contribution in [-0.2, 0) is 26.7 Å². The van der Waals surface area contributed by atoms with Crippen LogP contribution in [0.25, 0.3) is 0 Å². The van der Waals surface area contributed by atoms with E-state index in [1.165, 1.54) is 24.8 Å². The minimum absolute atomic E-state index is 0.0278. The summed E-state index contributed by atoms with van der Waals surface area (Å²) in [6.07, 6.45) is 2.37. The molecular weight excluding hydrogens is 424 g/mol. The van der Waals surface area contributed by atoms with Gasteiger partial charge < -0.3 is 10.1 Å². The van der Waals surface area contributed by atoms with Gasteiger partial charge in [0.15, 0.2) is 0 Å². The Balaban J connectivity index is 1.38. The van der Waals surface area contributed by atoms with Gasteiger partial charge in [-0.1, -0.05) is 42.5 Å². The van der Waals surface area contributed by atoms with E-state index in [9.17, 15) is 13.2 Å². The van der Waals surface area contributed by atoms with Crippen LogP contribution in [0.4, 0.5) is 5.69 Å². The Morgan fingerprint density at radius 3 is 2.19 bits per heavy atom. The molecule has 1 aliphatic rings. The first-order valence-electron chi connectivity index (χ1n) is 10.5. The zero-order valence-corrected chi connectivity index (χ0v) is 18.7. The molecule has 1 aliphatic carbocycles. The number of hydrogen-bond donors (Lipinski definition) is 2. The molecule has 0 aliphatic heterocycles. The predicted molar refractivity (Wildman–Crippen MR) is 124 cm³/mol. The molecule has 4 rings (SSSR count). The summed E-state index contributed by atoms with van der Waals surface area (Å²) < 4.78 is 32.9. The number of benzene rings is 3. The van der Waals surface area contributed by atoms with Gasteiger partial charge in [0.2, 0.25) is 5.91 Å². The number of amides is 1. The molecule has 3 aromatic carbocycles. The lowest BCUT2D eigenvalue weighted by atomic mass is 9.94. The molecule has 3 aromatic rings. The van der Waals surface area contributed by atoms with Crippen molar-refractivity contribution in [2.24, 2.45) is 0 Å². The molecular formula is C25H26N2O4S. The molecule has 0 saturated heterocycles. The number of carbonyl (C=O) groups is 1. The first-order chi connectivity index (χ1) is 15.4. The number of nitrogens with one attached hydrogen (secondary N) is 2. The molecule has 0 spiro atoms. The van der Waals surface area contributed by atoms with Crippen molar-refractivity contribution in [3.05, 3.63) is 90.0 Å². The number of carbonyl (C=O) groups excluding carboxylic acids is 1. The van der Waals surface area contributed by atoms with E-state index < -0.39 is 15.4 Å². The number of anilines is 1. The van der Waals surface area contributed by atoms with E-state index in [1.807, 2.05) is 42.5 Å². The van der Waals surface area contributed by atoms with Gasteiger partial charge in [-0.25, -0.2) is 8.42 Å². The molecule has 0 bridgehead atoms. The quantitative estimate of drug-likeness (QED) is 0.518. The fraction of sp³-hybridized carbons (Fsp3) is 0.240. The van der Waals surface area contributed by atoms with Crippen molar-refractivity contribution >= 4 is 21.6 Å². The lowest BCUT2D eigenvalue weighted by Gasteiger charge is -2.17. The minimum Gasteiger partial charge on any atom is -0.497 e. The smallest absolute Gasteiger partial charge is 0.261 e. The Labute approximate surface area is 188 Å². The minimum atomic E-state index is -3.71. The van der Waals surface area contributed by atoms with Crippen LogP contribution < -0.4 is 14.8 Å². The van der Waals surface area contributed by atoms with Gasteiger partial charge in [0.1, 0.15) is 5.75 Å². The molecule has 0 unspecified atom stereocenters. The molecule has 166 valence electrons. The number of hydrogen-bond acceptors (Lipinski definition) is 4. The largest absolute Gasteiger partial charge is 0.497 e. The third kappa shape index (κ3) is 4.78. The topological polar surface area (TPSA) is 84.5 Å². The predicted octanol–water partition coefficient (Wildman–Crippen LogP) is 3.89. The SMILES string of the molecule is COc1ccc(S(=O)(=O)Nc2ccc(C3(C(=O)NCCc4ccccc4)CC3)cc2)cc1. The van der Waals surface area contributed by atoms with Crippen LogP contribution >= 0.6 is 0 Å². The van der Waals surface area contributed by atoms with E-state index >= 15 is 0 Å². The normalized spacial score (nSPS) is 14.4. The molecule has 0 radical (unpaired) electrons. The summed E-state index contributed by atoms with van der Waals surface area (Å²) in [5.41, 5.74) is 2.03. The third-order valence-corrected chi connectivity index (χ3v) is 7.18. The summed E-state index contributed by atoms with van der Waals surface area (Å²) >= 11 is 0. The van der Waals surface area contributed by atoms with Crippen molar-refractivity contribution in [1.29, 1.82) is 0 Å². The van der Waals surface area contributed by atoms with Gasteiger partial charge in [0.25, 0.3) is 10.0 Å². The van der Waals surface area contributed by atoms with Crippen molar-refractivity contribution in [2.45, 2.75) is 29.6 Å². The summed E-state index contributed by atoms with van der Waals surface area (Å²) in [5.74, 6) is 0.616. The van der Waals surface area contributed by atoms with Gasteiger partial charge in [-0.3, -0.25) is 9.52 Å². The number of sulfonamides is 1. The second-order valence-electron chi connectivity index (χ2n) is 7.93. The zero-order valence-electron chi connectivity index (χ0n) is 17.9. The van der Waals surface area contributed by atoms with Crippen LogP contribution in [0.3, 0.4) is 0 Å². The van der Waals surface area contributed by atoms with Crippen LogP contribution in [0, 0.1) is 0 Å². The lowest BCUT2D eigenvalue weighted by Crippen LogP contribution is -2.35. The highest BCUT2D eigenvalue weighted by Gasteiger charge is 2.51. The average molecular weight is 451 g/mol. The van der Waals surface area contributed by atoms with E-state index in [0.717, 1.165) is 24.8 Å². The highest BCUT2D eigenvalue weighted by Crippen LogP contribution is 2.48. The molecule has 1 saturated carbocycles. The Hall–Kier alpha value is -3.32. The molecule has 2 N–H and O–H groups in total. The van der Waals surface area contributed by atoms with Crippen LogP contribution in [0.5, 0.6) is 5.75 Å². The molecule has 1 fully saturated rings. The molecule has 1 amide bonds. The van der Waals surface area contributed by atoms with Crippen molar-refractivity contribution in [3.8, 4) is 5.75 Å². The summed E-state index contributed by atoms with van der Waals surface area (Å²) in [7, 11) is -2.18. The number of methoxy groups -OCH3 is 1. The van der Waals surface area contributed by atoms with Gasteiger partial charge in [-0.2, -0.15) is 0 Å². The van der Waals surface area contributed by atoms with Gasteiger partial charge in [0, 0.05) is 12.2 Å². The number of ether oxygens (including phenoxy) is 1. The van der Waals surface area contributed by atoms with Gasteiger partial charge in [0.05, 0.1) is 17.4 Å². The Morgan fingerprint density at radius 2 is 1.59 bits per heavy atom. The van der Waals surface area contributed by atoms with Crippen LogP contribution in [0.1, 0.15) is 24.0 Å². The monoisotopic (exact) mass is 450 g/mol. The maximum atomic E-state index is 12.8.